The number of nitrogens with two attached hydrogens (primary N) is 1. The van der Waals surface area contributed by atoms with Gasteiger partial charge in [0.25, 0.3) is 0 Å². The van der Waals surface area contributed by atoms with E-state index in [0.717, 1.165) is 12.8 Å². The van der Waals surface area contributed by atoms with Crippen LogP contribution in [0, 0.1) is 0 Å². The van der Waals surface area contributed by atoms with E-state index >= 15 is 0 Å². The lowest BCUT2D eigenvalue weighted by Crippen LogP contribution is -2.50. The lowest BCUT2D eigenvalue weighted by Gasteiger charge is -2.26. The Morgan fingerprint density at radius 1 is 1.19 bits per heavy atom. The van der Waals surface area contributed by atoms with E-state index in [1.54, 1.807) is 0 Å². The highest BCUT2D eigenvalue weighted by atomic mass is 31.2. The molecular weight excluding hydrogens is 297 g/mol. The third kappa shape index (κ3) is 6.36. The first-order valence-corrected chi connectivity index (χ1v) is 8.12. The molecule has 9 nitrogen and oxygen atoms in total. The van der Waals surface area contributed by atoms with E-state index in [2.05, 4.69) is 26.9 Å². The third-order valence-electron chi connectivity index (χ3n) is 2.87. The van der Waals surface area contributed by atoms with E-state index in [0.29, 0.717) is 11.5 Å². The van der Waals surface area contributed by atoms with Crippen molar-refractivity contribution in [3.63, 3.8) is 0 Å². The maximum absolute atomic E-state index is 8.88. The molecule has 21 heavy (non-hydrogen) atoms. The van der Waals surface area contributed by atoms with E-state index in [1.165, 1.54) is 31.9 Å². The first kappa shape index (κ1) is 17.8. The topological polar surface area (TPSA) is 153 Å². The minimum absolute atomic E-state index is 0.619. The average Bonchev–Trinajstić information content (AvgIpc) is 2.83. The van der Waals surface area contributed by atoms with Crippen LogP contribution in [0.5, 0.6) is 0 Å². The second-order valence-corrected chi connectivity index (χ2v) is 5.69. The predicted molar refractivity (Wildman–Crippen MR) is 81.8 cm³/mol. The van der Waals surface area contributed by atoms with Crippen LogP contribution < -0.4 is 5.73 Å². The van der Waals surface area contributed by atoms with Gasteiger partial charge in [-0.2, -0.15) is 0 Å². The fourth-order valence-corrected chi connectivity index (χ4v) is 1.91. The van der Waals surface area contributed by atoms with Gasteiger partial charge in [-0.25, -0.2) is 24.5 Å². The number of fused-ring (bicyclic) bond motifs is 1. The molecule has 1 atom stereocenters. The predicted octanol–water partition coefficient (Wildman–Crippen LogP) is 0.606. The number of hydrogen-bond acceptors (Lipinski definition) is 6. The van der Waals surface area contributed by atoms with E-state index in [1.807, 2.05) is 0 Å². The molecule has 1 unspecified atom stereocenters. The lowest BCUT2D eigenvalue weighted by atomic mass is 9.96. The van der Waals surface area contributed by atoms with E-state index in [-0.39, 0.29) is 0 Å². The SMILES string of the molecule is CCCCCCC1(N)N=CN=C2N=CN=C21.O=P(O)(O)O. The fourth-order valence-electron chi connectivity index (χ4n) is 1.91. The monoisotopic (exact) mass is 317 g/mol. The normalized spacial score (nSPS) is 23.1. The summed E-state index contributed by atoms with van der Waals surface area (Å²) >= 11 is 0. The molecule has 5 N–H and O–H groups in total. The number of nitrogens with zero attached hydrogens (tertiary/aromatic N) is 4. The summed E-state index contributed by atoms with van der Waals surface area (Å²) in [6.07, 6.45) is 8.51. The molecule has 0 aromatic heterocycles. The molecule has 0 saturated heterocycles. The zero-order valence-electron chi connectivity index (χ0n) is 11.8. The van der Waals surface area contributed by atoms with Crippen molar-refractivity contribution < 1.29 is 19.2 Å². The van der Waals surface area contributed by atoms with Crippen LogP contribution in [0.4, 0.5) is 0 Å². The maximum Gasteiger partial charge on any atom is 0.466 e. The quantitative estimate of drug-likeness (QED) is 0.432. The third-order valence-corrected chi connectivity index (χ3v) is 2.87. The Balaban J connectivity index is 0.000000383. The van der Waals surface area contributed by atoms with E-state index < -0.39 is 13.5 Å². The Morgan fingerprint density at radius 3 is 2.48 bits per heavy atom. The molecule has 0 saturated carbocycles. The first-order chi connectivity index (χ1) is 9.76. The molecule has 10 heteroatoms. The summed E-state index contributed by atoms with van der Waals surface area (Å²) in [5.41, 5.74) is 6.24. The summed E-state index contributed by atoms with van der Waals surface area (Å²) in [5, 5.41) is 0. The molecule has 2 rings (SSSR count). The molecule has 0 bridgehead atoms. The zero-order chi connectivity index (χ0) is 15.9. The highest BCUT2D eigenvalue weighted by Gasteiger charge is 2.36. The number of hydrogen-bond donors (Lipinski definition) is 4. The molecule has 0 amide bonds. The van der Waals surface area contributed by atoms with E-state index in [4.69, 9.17) is 25.0 Å². The molecule has 0 spiro atoms. The molecule has 118 valence electrons. The van der Waals surface area contributed by atoms with Crippen LogP contribution in [0.15, 0.2) is 20.0 Å². The smallest absolute Gasteiger partial charge is 0.303 e. The van der Waals surface area contributed by atoms with Gasteiger partial charge >= 0.3 is 7.82 Å². The Hall–Kier alpha value is -1.25. The van der Waals surface area contributed by atoms with Gasteiger partial charge in [-0.15, -0.1) is 0 Å². The number of phosphoric acid groups is 1. The Morgan fingerprint density at radius 2 is 1.86 bits per heavy atom. The zero-order valence-corrected chi connectivity index (χ0v) is 12.6. The van der Waals surface area contributed by atoms with Crippen molar-refractivity contribution in [2.45, 2.75) is 44.7 Å². The van der Waals surface area contributed by atoms with Gasteiger partial charge in [-0.3, -0.25) is 0 Å². The minimum Gasteiger partial charge on any atom is -0.303 e. The molecule has 2 heterocycles. The van der Waals surface area contributed by atoms with Gasteiger partial charge in [0.2, 0.25) is 0 Å². The van der Waals surface area contributed by atoms with Gasteiger partial charge in [0.05, 0.1) is 0 Å². The van der Waals surface area contributed by atoms with Crippen LogP contribution in [-0.4, -0.2) is 44.6 Å². The van der Waals surface area contributed by atoms with Crippen LogP contribution in [-0.2, 0) is 4.57 Å². The van der Waals surface area contributed by atoms with Crippen LogP contribution in [0.2, 0.25) is 0 Å². The lowest BCUT2D eigenvalue weighted by molar-refractivity contribution is 0.275. The standard InChI is InChI=1S/C11H17N5.H3O4P/c1-2-3-4-5-6-11(12)9-10(14-7-13-9)15-8-16-11;1-5(2,3)4/h7-8H,2-6,12H2,1H3;(H3,1,2,3,4). The van der Waals surface area contributed by atoms with Gasteiger partial charge in [0, 0.05) is 0 Å². The molecule has 0 aliphatic carbocycles. The van der Waals surface area contributed by atoms with Crippen molar-refractivity contribution in [1.29, 1.82) is 0 Å². The van der Waals surface area contributed by atoms with Crippen molar-refractivity contribution >= 4 is 32.0 Å². The van der Waals surface area contributed by atoms with Crippen molar-refractivity contribution in [3.8, 4) is 0 Å². The van der Waals surface area contributed by atoms with Crippen LogP contribution in [0.1, 0.15) is 39.0 Å². The van der Waals surface area contributed by atoms with Gasteiger partial charge in [0.15, 0.2) is 11.5 Å². The van der Waals surface area contributed by atoms with Gasteiger partial charge in [0.1, 0.15) is 18.4 Å². The summed E-state index contributed by atoms with van der Waals surface area (Å²) in [4.78, 5) is 38.1. The Labute approximate surface area is 122 Å². The Kier molecular flexibility index (Phi) is 6.50. The number of amidine groups is 1. The van der Waals surface area contributed by atoms with Gasteiger partial charge in [-0.1, -0.05) is 26.2 Å². The molecule has 0 aromatic carbocycles. The van der Waals surface area contributed by atoms with Crippen LogP contribution in [0.25, 0.3) is 0 Å². The number of unbranched alkanes of at least 4 members (excludes halogenated alkanes) is 3. The van der Waals surface area contributed by atoms with Crippen molar-refractivity contribution in [1.82, 2.24) is 0 Å². The first-order valence-electron chi connectivity index (χ1n) is 6.56. The Bertz CT molecular complexity index is 516. The minimum atomic E-state index is -4.64. The van der Waals surface area contributed by atoms with Crippen LogP contribution in [0.3, 0.4) is 0 Å². The summed E-state index contributed by atoms with van der Waals surface area (Å²) in [7, 11) is -4.64. The summed E-state index contributed by atoms with van der Waals surface area (Å²) in [6.45, 7) is 2.19. The second kappa shape index (κ2) is 7.67. The largest absolute Gasteiger partial charge is 0.466 e. The summed E-state index contributed by atoms with van der Waals surface area (Å²) < 4.78 is 8.88. The maximum atomic E-state index is 8.88. The second-order valence-electron chi connectivity index (χ2n) is 4.67. The number of rotatable bonds is 5. The van der Waals surface area contributed by atoms with Crippen molar-refractivity contribution in [2.75, 3.05) is 0 Å². The molecule has 0 aromatic rings. The molecule has 0 radical (unpaired) electrons. The highest BCUT2D eigenvalue weighted by molar-refractivity contribution is 7.45. The molecule has 2 aliphatic heterocycles. The fraction of sp³-hybridized carbons (Fsp3) is 0.636. The average molecular weight is 317 g/mol. The summed E-state index contributed by atoms with van der Waals surface area (Å²) in [5.74, 6) is 0.619. The van der Waals surface area contributed by atoms with Crippen molar-refractivity contribution in [3.05, 3.63) is 0 Å². The van der Waals surface area contributed by atoms with Crippen molar-refractivity contribution in [2.24, 2.45) is 25.7 Å². The van der Waals surface area contributed by atoms with E-state index in [9.17, 15) is 0 Å². The molecule has 0 fully saturated rings. The van der Waals surface area contributed by atoms with Gasteiger partial charge in [-0.05, 0) is 12.8 Å². The summed E-state index contributed by atoms with van der Waals surface area (Å²) in [6, 6.07) is 0. The van der Waals surface area contributed by atoms with Gasteiger partial charge < -0.3 is 20.4 Å². The number of aliphatic imine (C=N–C) groups is 4. The molecular formula is C11H20N5O4P. The van der Waals surface area contributed by atoms with Crippen LogP contribution >= 0.6 is 7.82 Å². The highest BCUT2D eigenvalue weighted by Crippen LogP contribution is 2.25. The molecule has 2 aliphatic rings.